The Morgan fingerprint density at radius 1 is 1.24 bits per heavy atom. The highest BCUT2D eigenvalue weighted by atomic mass is 32.2. The number of urea groups is 1. The van der Waals surface area contributed by atoms with Gasteiger partial charge in [0.15, 0.2) is 17.7 Å². The van der Waals surface area contributed by atoms with Crippen LogP contribution in [0.4, 0.5) is 9.18 Å². The lowest BCUT2D eigenvalue weighted by molar-refractivity contribution is -0.133. The first-order valence-corrected chi connectivity index (χ1v) is 8.80. The molecule has 0 aliphatic heterocycles. The lowest BCUT2D eigenvalue weighted by Crippen LogP contribution is -2.55. The van der Waals surface area contributed by atoms with Crippen LogP contribution in [0, 0.1) is 5.82 Å². The van der Waals surface area contributed by atoms with Crippen LogP contribution in [0.1, 0.15) is 13.3 Å². The molecule has 4 amide bonds. The molecule has 0 spiro atoms. The Balaban J connectivity index is 2.53. The van der Waals surface area contributed by atoms with Gasteiger partial charge in [0.1, 0.15) is 6.04 Å². The van der Waals surface area contributed by atoms with Gasteiger partial charge in [-0.15, -0.1) is 0 Å². The molecule has 0 fully saturated rings. The van der Waals surface area contributed by atoms with E-state index >= 15 is 0 Å². The second-order valence-electron chi connectivity index (χ2n) is 5.01. The molecular formula is C15H21FN4O4S. The summed E-state index contributed by atoms with van der Waals surface area (Å²) >= 11 is 1.49. The number of nitrogens with one attached hydrogen (secondary N) is 3. The molecule has 1 rings (SSSR count). The van der Waals surface area contributed by atoms with E-state index in [4.69, 9.17) is 10.5 Å². The van der Waals surface area contributed by atoms with Crippen molar-refractivity contribution in [1.29, 1.82) is 0 Å². The van der Waals surface area contributed by atoms with Crippen molar-refractivity contribution < 1.29 is 23.5 Å². The van der Waals surface area contributed by atoms with Gasteiger partial charge in [0.2, 0.25) is 0 Å². The second kappa shape index (κ2) is 10.4. The van der Waals surface area contributed by atoms with Crippen LogP contribution in [-0.2, 0) is 9.59 Å². The van der Waals surface area contributed by atoms with Crippen molar-refractivity contribution in [3.05, 3.63) is 30.1 Å². The summed E-state index contributed by atoms with van der Waals surface area (Å²) in [4.78, 5) is 34.9. The first-order chi connectivity index (χ1) is 11.8. The summed E-state index contributed by atoms with van der Waals surface area (Å²) in [6, 6.07) is 3.92. The molecule has 25 heavy (non-hydrogen) atoms. The highest BCUT2D eigenvalue weighted by Crippen LogP contribution is 2.16. The van der Waals surface area contributed by atoms with Crippen molar-refractivity contribution in [1.82, 2.24) is 16.2 Å². The number of hydrazine groups is 1. The van der Waals surface area contributed by atoms with Gasteiger partial charge in [-0.3, -0.25) is 20.4 Å². The summed E-state index contributed by atoms with van der Waals surface area (Å²) in [6.45, 7) is 1.40. The number of benzene rings is 1. The molecule has 2 unspecified atom stereocenters. The van der Waals surface area contributed by atoms with Gasteiger partial charge in [-0.05, 0) is 37.5 Å². The van der Waals surface area contributed by atoms with Crippen molar-refractivity contribution in [2.45, 2.75) is 25.5 Å². The van der Waals surface area contributed by atoms with E-state index in [9.17, 15) is 18.8 Å². The van der Waals surface area contributed by atoms with Gasteiger partial charge in [-0.25, -0.2) is 9.18 Å². The molecular weight excluding hydrogens is 351 g/mol. The topological polar surface area (TPSA) is 123 Å². The van der Waals surface area contributed by atoms with Crippen molar-refractivity contribution >= 4 is 29.6 Å². The standard InChI is InChI=1S/C15H21FN4O4S/c1-9(24-12-6-4-3-5-10(12)16)13(21)19-20-14(22)11(7-8-25-2)18-15(17)23/h3-6,9,11H,7-8H2,1-2H3,(H,19,21)(H,20,22)(H3,17,18,23). The van der Waals surface area contributed by atoms with E-state index in [-0.39, 0.29) is 5.75 Å². The molecule has 0 aliphatic carbocycles. The van der Waals surface area contributed by atoms with Crippen molar-refractivity contribution in [3.63, 3.8) is 0 Å². The normalized spacial score (nSPS) is 12.6. The number of amides is 4. The molecule has 1 aromatic carbocycles. The summed E-state index contributed by atoms with van der Waals surface area (Å²) in [5.41, 5.74) is 9.38. The zero-order chi connectivity index (χ0) is 18.8. The van der Waals surface area contributed by atoms with Crippen LogP contribution in [0.3, 0.4) is 0 Å². The summed E-state index contributed by atoms with van der Waals surface area (Å²) in [7, 11) is 0. The smallest absolute Gasteiger partial charge is 0.312 e. The number of carbonyl (C=O) groups excluding carboxylic acids is 3. The summed E-state index contributed by atoms with van der Waals surface area (Å²) in [5.74, 6) is -1.38. The molecule has 138 valence electrons. The van der Waals surface area contributed by atoms with E-state index in [1.165, 1.54) is 36.9 Å². The van der Waals surface area contributed by atoms with E-state index < -0.39 is 35.8 Å². The first-order valence-electron chi connectivity index (χ1n) is 7.41. The summed E-state index contributed by atoms with van der Waals surface area (Å²) < 4.78 is 18.7. The number of para-hydroxylation sites is 1. The van der Waals surface area contributed by atoms with E-state index in [0.29, 0.717) is 12.2 Å². The van der Waals surface area contributed by atoms with Gasteiger partial charge in [-0.2, -0.15) is 11.8 Å². The minimum absolute atomic E-state index is 0.0790. The fourth-order valence-corrected chi connectivity index (χ4v) is 2.24. The first kappa shape index (κ1) is 20.6. The highest BCUT2D eigenvalue weighted by Gasteiger charge is 2.22. The van der Waals surface area contributed by atoms with Crippen LogP contribution < -0.4 is 26.6 Å². The number of rotatable bonds is 8. The zero-order valence-corrected chi connectivity index (χ0v) is 14.7. The maximum Gasteiger partial charge on any atom is 0.312 e. The Hall–Kier alpha value is -2.49. The predicted molar refractivity (Wildman–Crippen MR) is 92.3 cm³/mol. The lowest BCUT2D eigenvalue weighted by atomic mass is 10.2. The molecule has 0 saturated carbocycles. The molecule has 0 heterocycles. The minimum atomic E-state index is -1.05. The maximum atomic E-state index is 13.5. The average molecular weight is 372 g/mol. The molecule has 0 radical (unpaired) electrons. The van der Waals surface area contributed by atoms with Crippen LogP contribution in [0.5, 0.6) is 5.75 Å². The molecule has 0 aromatic heterocycles. The predicted octanol–water partition coefficient (Wildman–Crippen LogP) is 0.530. The van der Waals surface area contributed by atoms with Crippen molar-refractivity contribution in [2.75, 3.05) is 12.0 Å². The monoisotopic (exact) mass is 372 g/mol. The quantitative estimate of drug-likeness (QED) is 0.496. The number of hydrogen-bond donors (Lipinski definition) is 4. The fourth-order valence-electron chi connectivity index (χ4n) is 1.77. The summed E-state index contributed by atoms with van der Waals surface area (Å²) in [6.07, 6.45) is 1.14. The van der Waals surface area contributed by atoms with Gasteiger partial charge in [0.05, 0.1) is 0 Å². The summed E-state index contributed by atoms with van der Waals surface area (Å²) in [5, 5.41) is 2.30. The van der Waals surface area contributed by atoms with Crippen LogP contribution in [-0.4, -0.2) is 42.0 Å². The van der Waals surface area contributed by atoms with E-state index in [1.54, 1.807) is 6.07 Å². The minimum Gasteiger partial charge on any atom is -0.478 e. The third-order valence-corrected chi connectivity index (χ3v) is 3.71. The number of carbonyl (C=O) groups is 3. The Bertz CT molecular complexity index is 617. The van der Waals surface area contributed by atoms with Gasteiger partial charge >= 0.3 is 6.03 Å². The number of thioether (sulfide) groups is 1. The molecule has 1 aromatic rings. The SMILES string of the molecule is CSCCC(NC(N)=O)C(=O)NNC(=O)C(C)Oc1ccccc1F. The largest absolute Gasteiger partial charge is 0.478 e. The van der Waals surface area contributed by atoms with Crippen LogP contribution in [0.15, 0.2) is 24.3 Å². The Morgan fingerprint density at radius 2 is 1.88 bits per heavy atom. The Morgan fingerprint density at radius 3 is 2.48 bits per heavy atom. The zero-order valence-electron chi connectivity index (χ0n) is 13.9. The van der Waals surface area contributed by atoms with E-state index in [1.807, 2.05) is 6.26 Å². The van der Waals surface area contributed by atoms with Gasteiger partial charge in [0, 0.05) is 0 Å². The molecule has 8 nitrogen and oxygen atoms in total. The van der Waals surface area contributed by atoms with Gasteiger partial charge in [-0.1, -0.05) is 12.1 Å². The van der Waals surface area contributed by atoms with Crippen LogP contribution in [0.25, 0.3) is 0 Å². The molecule has 0 bridgehead atoms. The molecule has 10 heteroatoms. The molecule has 2 atom stereocenters. The molecule has 5 N–H and O–H groups in total. The number of halogens is 1. The highest BCUT2D eigenvalue weighted by molar-refractivity contribution is 7.98. The lowest BCUT2D eigenvalue weighted by Gasteiger charge is -2.19. The Labute approximate surface area is 149 Å². The van der Waals surface area contributed by atoms with Crippen molar-refractivity contribution in [3.8, 4) is 5.75 Å². The molecule has 0 saturated heterocycles. The number of primary amides is 1. The average Bonchev–Trinajstić information content (AvgIpc) is 2.57. The molecule has 0 aliphatic rings. The van der Waals surface area contributed by atoms with Crippen molar-refractivity contribution in [2.24, 2.45) is 5.73 Å². The number of hydrogen-bond acceptors (Lipinski definition) is 5. The maximum absolute atomic E-state index is 13.5. The Kier molecular flexibility index (Phi) is 8.54. The third kappa shape index (κ3) is 7.29. The van der Waals surface area contributed by atoms with Gasteiger partial charge < -0.3 is 15.8 Å². The van der Waals surface area contributed by atoms with E-state index in [0.717, 1.165) is 0 Å². The number of ether oxygens (including phenoxy) is 1. The number of nitrogens with two attached hydrogens (primary N) is 1. The van der Waals surface area contributed by atoms with Crippen LogP contribution >= 0.6 is 11.8 Å². The second-order valence-corrected chi connectivity index (χ2v) is 6.00. The van der Waals surface area contributed by atoms with Gasteiger partial charge in [0.25, 0.3) is 11.8 Å². The third-order valence-electron chi connectivity index (χ3n) is 3.06. The van der Waals surface area contributed by atoms with Crippen LogP contribution in [0.2, 0.25) is 0 Å². The fraction of sp³-hybridized carbons (Fsp3) is 0.400. The van der Waals surface area contributed by atoms with E-state index in [2.05, 4.69) is 16.2 Å².